The summed E-state index contributed by atoms with van der Waals surface area (Å²) in [4.78, 5) is 14.3. The molecule has 0 aromatic heterocycles. The third-order valence-corrected chi connectivity index (χ3v) is 6.44. The molecule has 1 aromatic carbocycles. The third-order valence-electron chi connectivity index (χ3n) is 4.03. The van der Waals surface area contributed by atoms with E-state index in [1.165, 1.54) is 5.56 Å². The maximum absolute atomic E-state index is 12.2. The molecule has 21 heavy (non-hydrogen) atoms. The van der Waals surface area contributed by atoms with Gasteiger partial charge in [0.1, 0.15) is 4.93 Å². The van der Waals surface area contributed by atoms with Gasteiger partial charge in [-0.25, -0.2) is 0 Å². The second kappa shape index (κ2) is 7.07. The van der Waals surface area contributed by atoms with E-state index in [4.69, 9.17) is 4.74 Å². The predicted octanol–water partition coefficient (Wildman–Crippen LogP) is 3.00. The van der Waals surface area contributed by atoms with Gasteiger partial charge in [0.15, 0.2) is 0 Å². The predicted molar refractivity (Wildman–Crippen MR) is 89.6 cm³/mol. The highest BCUT2D eigenvalue weighted by atomic mass is 32.2. The quantitative estimate of drug-likeness (QED) is 0.852. The summed E-state index contributed by atoms with van der Waals surface area (Å²) in [6, 6.07) is 10.3. The number of carbonyl (C=O) groups is 1. The van der Waals surface area contributed by atoms with Crippen LogP contribution in [0.5, 0.6) is 0 Å². The zero-order valence-corrected chi connectivity index (χ0v) is 13.8. The Labute approximate surface area is 134 Å². The minimum atomic E-state index is 0.0218. The smallest absolute Gasteiger partial charge is 0.232 e. The largest absolute Gasteiger partial charge is 0.363 e. The normalized spacial score (nSPS) is 20.9. The molecule has 0 bridgehead atoms. The Morgan fingerprint density at radius 2 is 2.05 bits per heavy atom. The Morgan fingerprint density at radius 1 is 1.29 bits per heavy atom. The van der Waals surface area contributed by atoms with Crippen LogP contribution < -0.4 is 0 Å². The topological polar surface area (TPSA) is 29.5 Å². The summed E-state index contributed by atoms with van der Waals surface area (Å²) in [6.45, 7) is 2.56. The molecule has 5 heteroatoms. The van der Waals surface area contributed by atoms with Crippen molar-refractivity contribution in [2.24, 2.45) is 0 Å². The fraction of sp³-hybridized carbons (Fsp3) is 0.562. The number of carbonyl (C=O) groups excluding carboxylic acids is 1. The molecule has 3 rings (SSSR count). The van der Waals surface area contributed by atoms with Crippen LogP contribution in [0.1, 0.15) is 18.4 Å². The Balaban J connectivity index is 1.40. The van der Waals surface area contributed by atoms with Crippen LogP contribution in [0.25, 0.3) is 0 Å². The van der Waals surface area contributed by atoms with E-state index in [9.17, 15) is 4.79 Å². The van der Waals surface area contributed by atoms with Gasteiger partial charge in [0.25, 0.3) is 0 Å². The first-order valence-electron chi connectivity index (χ1n) is 7.45. The van der Waals surface area contributed by atoms with Crippen LogP contribution in [-0.2, 0) is 15.3 Å². The average molecular weight is 323 g/mol. The van der Waals surface area contributed by atoms with Gasteiger partial charge in [-0.1, -0.05) is 30.3 Å². The van der Waals surface area contributed by atoms with Crippen molar-refractivity contribution in [3.8, 4) is 0 Å². The molecule has 3 nitrogen and oxygen atoms in total. The molecule has 1 spiro atoms. The molecule has 2 fully saturated rings. The summed E-state index contributed by atoms with van der Waals surface area (Å²) in [5.74, 6) is 2.86. The van der Waals surface area contributed by atoms with Crippen molar-refractivity contribution in [1.29, 1.82) is 0 Å². The molecule has 114 valence electrons. The van der Waals surface area contributed by atoms with E-state index < -0.39 is 0 Å². The van der Waals surface area contributed by atoms with Gasteiger partial charge in [0.05, 0.1) is 12.4 Å². The van der Waals surface area contributed by atoms with E-state index in [0.29, 0.717) is 5.75 Å². The first-order chi connectivity index (χ1) is 10.3. The number of nitrogens with zero attached hydrogens (tertiary/aromatic N) is 1. The minimum absolute atomic E-state index is 0.0218. The number of hydrogen-bond acceptors (Lipinski definition) is 4. The van der Waals surface area contributed by atoms with Crippen molar-refractivity contribution in [2.75, 3.05) is 31.2 Å². The Kier molecular flexibility index (Phi) is 5.14. The number of piperidine rings is 1. The van der Waals surface area contributed by atoms with Crippen molar-refractivity contribution in [3.05, 3.63) is 35.9 Å². The lowest BCUT2D eigenvalue weighted by atomic mass is 10.1. The van der Waals surface area contributed by atoms with Crippen LogP contribution in [0.3, 0.4) is 0 Å². The lowest BCUT2D eigenvalue weighted by Gasteiger charge is -2.37. The van der Waals surface area contributed by atoms with Crippen molar-refractivity contribution in [1.82, 2.24) is 4.90 Å². The molecule has 0 radical (unpaired) electrons. The zero-order chi connectivity index (χ0) is 14.5. The van der Waals surface area contributed by atoms with Gasteiger partial charge >= 0.3 is 0 Å². The second-order valence-electron chi connectivity index (χ2n) is 5.47. The Bertz CT molecular complexity index is 464. The molecule has 0 unspecified atom stereocenters. The van der Waals surface area contributed by atoms with Crippen LogP contribution in [-0.4, -0.2) is 46.9 Å². The first kappa shape index (κ1) is 15.3. The molecular formula is C16H21NO2S2. The highest BCUT2D eigenvalue weighted by Gasteiger charge is 2.39. The molecule has 0 atom stereocenters. The summed E-state index contributed by atoms with van der Waals surface area (Å²) in [5, 5.41) is 0. The van der Waals surface area contributed by atoms with Crippen molar-refractivity contribution in [2.45, 2.75) is 23.5 Å². The summed E-state index contributed by atoms with van der Waals surface area (Å²) in [6.07, 6.45) is 1.96. The number of thioether (sulfide) groups is 2. The molecule has 0 N–H and O–H groups in total. The maximum Gasteiger partial charge on any atom is 0.232 e. The average Bonchev–Trinajstić information content (AvgIpc) is 2.97. The van der Waals surface area contributed by atoms with Crippen molar-refractivity contribution < 1.29 is 9.53 Å². The van der Waals surface area contributed by atoms with Gasteiger partial charge in [0, 0.05) is 37.4 Å². The van der Waals surface area contributed by atoms with E-state index in [1.807, 2.05) is 34.9 Å². The number of likely N-dealkylation sites (tertiary alicyclic amines) is 1. The van der Waals surface area contributed by atoms with Gasteiger partial charge in [-0.15, -0.1) is 23.5 Å². The van der Waals surface area contributed by atoms with Gasteiger partial charge in [-0.3, -0.25) is 4.79 Å². The molecule has 1 aromatic rings. The number of ether oxygens (including phenoxy) is 1. The van der Waals surface area contributed by atoms with Gasteiger partial charge in [-0.05, 0) is 5.56 Å². The van der Waals surface area contributed by atoms with E-state index in [-0.39, 0.29) is 10.8 Å². The highest BCUT2D eigenvalue weighted by Crippen LogP contribution is 2.41. The zero-order valence-electron chi connectivity index (χ0n) is 12.1. The van der Waals surface area contributed by atoms with Crippen LogP contribution in [0.15, 0.2) is 30.3 Å². The molecule has 0 saturated carbocycles. The minimum Gasteiger partial charge on any atom is -0.363 e. The van der Waals surface area contributed by atoms with Crippen LogP contribution in [0.4, 0.5) is 0 Å². The summed E-state index contributed by atoms with van der Waals surface area (Å²) in [5.41, 5.74) is 1.28. The van der Waals surface area contributed by atoms with E-state index in [0.717, 1.165) is 44.0 Å². The van der Waals surface area contributed by atoms with Crippen LogP contribution in [0, 0.1) is 0 Å². The third kappa shape index (κ3) is 3.96. The molecule has 2 saturated heterocycles. The maximum atomic E-state index is 12.2. The number of rotatable bonds is 4. The lowest BCUT2D eigenvalue weighted by molar-refractivity contribution is -0.131. The lowest BCUT2D eigenvalue weighted by Crippen LogP contribution is -2.45. The molecule has 2 aliphatic rings. The number of amides is 1. The highest BCUT2D eigenvalue weighted by molar-refractivity contribution is 8.00. The van der Waals surface area contributed by atoms with Gasteiger partial charge in [-0.2, -0.15) is 0 Å². The van der Waals surface area contributed by atoms with Crippen molar-refractivity contribution >= 4 is 29.4 Å². The van der Waals surface area contributed by atoms with E-state index in [1.54, 1.807) is 11.8 Å². The Morgan fingerprint density at radius 3 is 2.71 bits per heavy atom. The fourth-order valence-corrected chi connectivity index (χ4v) is 4.87. The van der Waals surface area contributed by atoms with Gasteiger partial charge < -0.3 is 9.64 Å². The Hall–Kier alpha value is -0.650. The summed E-state index contributed by atoms with van der Waals surface area (Å²) < 4.78 is 5.87. The van der Waals surface area contributed by atoms with Crippen LogP contribution in [0.2, 0.25) is 0 Å². The second-order valence-corrected chi connectivity index (χ2v) is 7.89. The molecule has 2 aliphatic heterocycles. The van der Waals surface area contributed by atoms with E-state index in [2.05, 4.69) is 12.1 Å². The molecule has 0 aliphatic carbocycles. The van der Waals surface area contributed by atoms with E-state index >= 15 is 0 Å². The molecular weight excluding hydrogens is 302 g/mol. The number of hydrogen-bond donors (Lipinski definition) is 0. The van der Waals surface area contributed by atoms with Crippen LogP contribution >= 0.6 is 23.5 Å². The summed E-state index contributed by atoms with van der Waals surface area (Å²) in [7, 11) is 0. The summed E-state index contributed by atoms with van der Waals surface area (Å²) >= 11 is 3.63. The SMILES string of the molecule is O=C(CSCc1ccccc1)N1CCC2(CC1)OCCS2. The fourth-order valence-electron chi connectivity index (χ4n) is 2.80. The van der Waals surface area contributed by atoms with Gasteiger partial charge in [0.2, 0.25) is 5.91 Å². The first-order valence-corrected chi connectivity index (χ1v) is 9.59. The standard InChI is InChI=1S/C16H21NO2S2/c18-15(13-20-12-14-4-2-1-3-5-14)17-8-6-16(7-9-17)19-10-11-21-16/h1-5H,6-13H2. The van der Waals surface area contributed by atoms with Crippen molar-refractivity contribution in [3.63, 3.8) is 0 Å². The molecule has 2 heterocycles. The monoisotopic (exact) mass is 323 g/mol. The molecule has 1 amide bonds. The number of benzene rings is 1.